The molecule has 27 heavy (non-hydrogen) atoms. The number of H-pyrrole nitrogens is 1. The van der Waals surface area contributed by atoms with E-state index < -0.39 is 11.4 Å². The van der Waals surface area contributed by atoms with Gasteiger partial charge in [-0.3, -0.25) is 0 Å². The van der Waals surface area contributed by atoms with Crippen LogP contribution in [0.4, 0.5) is 0 Å². The van der Waals surface area contributed by atoms with Gasteiger partial charge in [0, 0.05) is 30.0 Å². The van der Waals surface area contributed by atoms with Crippen molar-refractivity contribution in [2.24, 2.45) is 5.73 Å². The van der Waals surface area contributed by atoms with E-state index in [1.165, 1.54) is 0 Å². The highest BCUT2D eigenvalue weighted by atomic mass is 32.2. The van der Waals surface area contributed by atoms with Crippen molar-refractivity contribution in [3.8, 4) is 11.1 Å². The fraction of sp³-hybridized carbons (Fsp3) is 0.167. The normalized spacial score (nSPS) is 12.5. The first kappa shape index (κ1) is 17.7. The largest absolute Gasteiger partial charge is 0.593 e. The Labute approximate surface area is 159 Å². The van der Waals surface area contributed by atoms with Crippen molar-refractivity contribution < 1.29 is 4.55 Å². The summed E-state index contributed by atoms with van der Waals surface area (Å²) >= 11 is -1.25. The van der Waals surface area contributed by atoms with Crippen LogP contribution in [0.1, 0.15) is 5.69 Å². The topological polar surface area (TPSA) is 120 Å². The lowest BCUT2D eigenvalue weighted by Gasteiger charge is -2.10. The zero-order chi connectivity index (χ0) is 18.6. The summed E-state index contributed by atoms with van der Waals surface area (Å²) in [6, 6.07) is 11.7. The van der Waals surface area contributed by atoms with Crippen LogP contribution in [-0.2, 0) is 17.9 Å². The lowest BCUT2D eigenvalue weighted by atomic mass is 10.0. The number of rotatable bonds is 7. The standard InChI is InChI=1S/C18H19N7OS/c19-6-8-22-27(26)15-3-1-13(2-4-15)16-5-7-20-18-17(16)11-14(23-18)12-25-10-9-21-24-25/h1-5,7,9-11,22H,6,8,12,19H2,(H,20,23)/t27-/m1/s1. The van der Waals surface area contributed by atoms with E-state index in [0.29, 0.717) is 19.6 Å². The van der Waals surface area contributed by atoms with Crippen molar-refractivity contribution >= 4 is 22.4 Å². The van der Waals surface area contributed by atoms with Gasteiger partial charge in [-0.25, -0.2) is 9.67 Å². The van der Waals surface area contributed by atoms with Gasteiger partial charge in [-0.1, -0.05) is 5.21 Å². The van der Waals surface area contributed by atoms with Crippen LogP contribution in [0.5, 0.6) is 0 Å². The molecule has 0 aliphatic carbocycles. The number of pyridine rings is 1. The maximum Gasteiger partial charge on any atom is 0.173 e. The third kappa shape index (κ3) is 3.86. The Morgan fingerprint density at radius 1 is 1.19 bits per heavy atom. The van der Waals surface area contributed by atoms with Gasteiger partial charge in [-0.2, -0.15) is 0 Å². The molecule has 0 radical (unpaired) electrons. The summed E-state index contributed by atoms with van der Waals surface area (Å²) in [7, 11) is 0. The molecule has 0 fully saturated rings. The van der Waals surface area contributed by atoms with Gasteiger partial charge >= 0.3 is 0 Å². The van der Waals surface area contributed by atoms with Gasteiger partial charge in [0.2, 0.25) is 0 Å². The Bertz CT molecular complexity index is 1010. The van der Waals surface area contributed by atoms with Crippen molar-refractivity contribution in [2.45, 2.75) is 11.4 Å². The van der Waals surface area contributed by atoms with Gasteiger partial charge in [-0.15, -0.1) is 9.82 Å². The number of benzene rings is 1. The third-order valence-corrected chi connectivity index (χ3v) is 5.32. The number of hydrogen-bond donors (Lipinski definition) is 3. The predicted molar refractivity (Wildman–Crippen MR) is 104 cm³/mol. The Morgan fingerprint density at radius 3 is 2.78 bits per heavy atom. The van der Waals surface area contributed by atoms with Crippen LogP contribution in [0, 0.1) is 0 Å². The molecule has 3 aromatic heterocycles. The molecule has 0 unspecified atom stereocenters. The summed E-state index contributed by atoms with van der Waals surface area (Å²) in [4.78, 5) is 8.47. The van der Waals surface area contributed by atoms with Crippen molar-refractivity contribution in [2.75, 3.05) is 13.1 Å². The molecule has 0 saturated heterocycles. The summed E-state index contributed by atoms with van der Waals surface area (Å²) < 4.78 is 16.8. The molecule has 0 aliphatic rings. The van der Waals surface area contributed by atoms with E-state index in [1.807, 2.05) is 36.5 Å². The Morgan fingerprint density at radius 2 is 2.04 bits per heavy atom. The minimum atomic E-state index is -1.25. The minimum Gasteiger partial charge on any atom is -0.593 e. The zero-order valence-corrected chi connectivity index (χ0v) is 15.3. The third-order valence-electron chi connectivity index (χ3n) is 4.15. The number of aromatic nitrogens is 5. The Hall–Kier alpha value is -2.72. The van der Waals surface area contributed by atoms with E-state index in [4.69, 9.17) is 5.73 Å². The summed E-state index contributed by atoms with van der Waals surface area (Å²) in [5.74, 6) is 0. The van der Waals surface area contributed by atoms with Gasteiger partial charge in [0.15, 0.2) is 4.90 Å². The van der Waals surface area contributed by atoms with E-state index in [9.17, 15) is 4.55 Å². The van der Waals surface area contributed by atoms with Crippen LogP contribution in [0.2, 0.25) is 0 Å². The average Bonchev–Trinajstić information content (AvgIpc) is 3.35. The smallest absolute Gasteiger partial charge is 0.173 e. The number of fused-ring (bicyclic) bond motifs is 1. The first-order valence-corrected chi connectivity index (χ1v) is 9.66. The second kappa shape index (κ2) is 7.89. The van der Waals surface area contributed by atoms with Crippen LogP contribution >= 0.6 is 0 Å². The molecule has 8 nitrogen and oxygen atoms in total. The molecule has 4 aromatic rings. The SMILES string of the molecule is NCCN[S@+]([O-])c1ccc(-c2ccnc3[nH]c(Cn4ccnn4)cc23)cc1. The first-order chi connectivity index (χ1) is 13.2. The van der Waals surface area contributed by atoms with E-state index in [-0.39, 0.29) is 0 Å². The highest BCUT2D eigenvalue weighted by molar-refractivity contribution is 7.89. The highest BCUT2D eigenvalue weighted by Gasteiger charge is 2.13. The van der Waals surface area contributed by atoms with Crippen molar-refractivity contribution in [3.63, 3.8) is 0 Å². The molecule has 9 heteroatoms. The molecule has 138 valence electrons. The fourth-order valence-corrected chi connectivity index (χ4v) is 3.76. The van der Waals surface area contributed by atoms with Crippen molar-refractivity contribution in [1.82, 2.24) is 29.7 Å². The first-order valence-electron chi connectivity index (χ1n) is 8.51. The van der Waals surface area contributed by atoms with Crippen LogP contribution in [0.25, 0.3) is 22.2 Å². The molecule has 0 aliphatic heterocycles. The van der Waals surface area contributed by atoms with E-state index in [1.54, 1.807) is 17.1 Å². The number of nitrogens with two attached hydrogens (primary N) is 1. The minimum absolute atomic E-state index is 0.448. The quantitative estimate of drug-likeness (QED) is 0.417. The second-order valence-electron chi connectivity index (χ2n) is 5.99. The van der Waals surface area contributed by atoms with Crippen LogP contribution in [0.15, 0.2) is 59.9 Å². The molecule has 1 atom stereocenters. The Kier molecular flexibility index (Phi) is 5.16. The number of hydrogen-bond acceptors (Lipinski definition) is 6. The van der Waals surface area contributed by atoms with Gasteiger partial charge < -0.3 is 15.3 Å². The van der Waals surface area contributed by atoms with E-state index in [0.717, 1.165) is 32.7 Å². The van der Waals surface area contributed by atoms with Crippen molar-refractivity contribution in [1.29, 1.82) is 0 Å². The lowest BCUT2D eigenvalue weighted by Crippen LogP contribution is -2.29. The molecule has 0 amide bonds. The molecule has 0 saturated carbocycles. The maximum atomic E-state index is 12.1. The zero-order valence-electron chi connectivity index (χ0n) is 14.5. The Balaban J connectivity index is 1.62. The van der Waals surface area contributed by atoms with E-state index >= 15 is 0 Å². The predicted octanol–water partition coefficient (Wildman–Crippen LogP) is 1.44. The van der Waals surface area contributed by atoms with E-state index in [2.05, 4.69) is 31.1 Å². The van der Waals surface area contributed by atoms with Gasteiger partial charge in [0.1, 0.15) is 5.65 Å². The summed E-state index contributed by atoms with van der Waals surface area (Å²) in [6.07, 6.45) is 5.25. The lowest BCUT2D eigenvalue weighted by molar-refractivity contribution is 0.581. The second-order valence-corrected chi connectivity index (χ2v) is 7.29. The van der Waals surface area contributed by atoms with Crippen LogP contribution < -0.4 is 10.5 Å². The summed E-state index contributed by atoms with van der Waals surface area (Å²) in [5.41, 5.74) is 9.35. The van der Waals surface area contributed by atoms with Gasteiger partial charge in [-0.05, 0) is 47.5 Å². The molecule has 3 heterocycles. The highest BCUT2D eigenvalue weighted by Crippen LogP contribution is 2.29. The average molecular weight is 381 g/mol. The maximum absolute atomic E-state index is 12.1. The molecule has 4 N–H and O–H groups in total. The number of nitrogens with one attached hydrogen (secondary N) is 2. The monoisotopic (exact) mass is 381 g/mol. The molecular formula is C18H19N7OS. The van der Waals surface area contributed by atoms with Gasteiger partial charge in [0.05, 0.1) is 30.6 Å². The fourth-order valence-electron chi connectivity index (χ4n) is 2.90. The van der Waals surface area contributed by atoms with Crippen LogP contribution in [-0.4, -0.2) is 42.6 Å². The molecule has 1 aromatic carbocycles. The molecule has 4 rings (SSSR count). The number of nitrogens with zero attached hydrogens (tertiary/aromatic N) is 4. The van der Waals surface area contributed by atoms with Crippen molar-refractivity contribution in [3.05, 3.63) is 60.7 Å². The van der Waals surface area contributed by atoms with Crippen LogP contribution in [0.3, 0.4) is 0 Å². The molecular weight excluding hydrogens is 362 g/mol. The number of aromatic amines is 1. The summed E-state index contributed by atoms with van der Waals surface area (Å²) in [6.45, 7) is 1.56. The van der Waals surface area contributed by atoms with Gasteiger partial charge in [0.25, 0.3) is 0 Å². The molecule has 0 bridgehead atoms. The summed E-state index contributed by atoms with van der Waals surface area (Å²) in [5, 5.41) is 8.85. The molecule has 0 spiro atoms.